The zero-order chi connectivity index (χ0) is 14.0. The lowest BCUT2D eigenvalue weighted by molar-refractivity contribution is -0.0912. The van der Waals surface area contributed by atoms with Gasteiger partial charge in [0.15, 0.2) is 0 Å². The van der Waals surface area contributed by atoms with Gasteiger partial charge in [0.25, 0.3) is 5.92 Å². The molecule has 0 saturated heterocycles. The third kappa shape index (κ3) is 2.88. The van der Waals surface area contributed by atoms with Crippen LogP contribution in [0.4, 0.5) is 13.2 Å². The third-order valence-corrected chi connectivity index (χ3v) is 4.12. The van der Waals surface area contributed by atoms with E-state index in [0.29, 0.717) is 25.0 Å². The highest BCUT2D eigenvalue weighted by atomic mass is 19.3. The van der Waals surface area contributed by atoms with Crippen molar-refractivity contribution in [3.8, 4) is 5.75 Å². The molecule has 1 saturated carbocycles. The molecular formula is C15H19F3O. The first-order valence-corrected chi connectivity index (χ1v) is 6.69. The van der Waals surface area contributed by atoms with Crippen molar-refractivity contribution in [1.29, 1.82) is 0 Å². The zero-order valence-corrected chi connectivity index (χ0v) is 11.3. The topological polar surface area (TPSA) is 9.23 Å². The van der Waals surface area contributed by atoms with Gasteiger partial charge < -0.3 is 4.74 Å². The predicted octanol–water partition coefficient (Wildman–Crippen LogP) is 4.76. The largest absolute Gasteiger partial charge is 0.496 e. The maximum atomic E-state index is 13.7. The van der Waals surface area contributed by atoms with Gasteiger partial charge in [-0.3, -0.25) is 0 Å². The number of halogens is 3. The molecule has 0 spiro atoms. The molecule has 2 atom stereocenters. The maximum Gasteiger partial charge on any atom is 0.250 e. The van der Waals surface area contributed by atoms with Gasteiger partial charge in [0, 0.05) is 18.4 Å². The van der Waals surface area contributed by atoms with Crippen LogP contribution in [-0.4, -0.2) is 13.0 Å². The molecule has 0 radical (unpaired) electrons. The Kier molecular flexibility index (Phi) is 4.07. The summed E-state index contributed by atoms with van der Waals surface area (Å²) >= 11 is 0. The Labute approximate surface area is 111 Å². The average Bonchev–Trinajstić information content (AvgIpc) is 2.38. The molecule has 19 heavy (non-hydrogen) atoms. The highest BCUT2D eigenvalue weighted by Crippen LogP contribution is 2.47. The molecule has 0 N–H and O–H groups in total. The summed E-state index contributed by atoms with van der Waals surface area (Å²) in [7, 11) is 1.48. The second kappa shape index (κ2) is 5.43. The molecular weight excluding hydrogens is 253 g/mol. The van der Waals surface area contributed by atoms with Crippen molar-refractivity contribution in [2.75, 3.05) is 7.11 Å². The first-order chi connectivity index (χ1) is 8.97. The maximum absolute atomic E-state index is 13.7. The summed E-state index contributed by atoms with van der Waals surface area (Å²) in [5.74, 6) is -3.04. The van der Waals surface area contributed by atoms with E-state index < -0.39 is 11.8 Å². The Morgan fingerprint density at radius 1 is 1.37 bits per heavy atom. The second-order valence-corrected chi connectivity index (χ2v) is 5.22. The summed E-state index contributed by atoms with van der Waals surface area (Å²) < 4.78 is 45.8. The van der Waals surface area contributed by atoms with E-state index in [0.717, 1.165) is 5.56 Å². The smallest absolute Gasteiger partial charge is 0.250 e. The second-order valence-electron chi connectivity index (χ2n) is 5.22. The van der Waals surface area contributed by atoms with E-state index in [1.807, 2.05) is 0 Å². The lowest BCUT2D eigenvalue weighted by atomic mass is 9.74. The van der Waals surface area contributed by atoms with E-state index in [4.69, 9.17) is 4.74 Å². The normalized spacial score (nSPS) is 26.2. The fraction of sp³-hybridized carbons (Fsp3) is 0.600. The number of alkyl halides is 2. The molecule has 1 nitrogen and oxygen atoms in total. The molecule has 1 aromatic carbocycles. The Morgan fingerprint density at radius 3 is 2.74 bits per heavy atom. The highest BCUT2D eigenvalue weighted by molar-refractivity contribution is 5.37. The average molecular weight is 272 g/mol. The highest BCUT2D eigenvalue weighted by Gasteiger charge is 2.44. The Balaban J connectivity index is 2.24. The molecule has 0 aromatic heterocycles. The summed E-state index contributed by atoms with van der Waals surface area (Å²) in [6, 6.07) is 4.35. The number of ether oxygens (including phenoxy) is 1. The molecule has 1 aliphatic carbocycles. The number of rotatable bonds is 3. The molecule has 0 heterocycles. The van der Waals surface area contributed by atoms with Crippen LogP contribution in [0, 0.1) is 11.7 Å². The number of hydrogen-bond acceptors (Lipinski definition) is 1. The SMILES string of the molecule is CC[C@@H]1C[C@H](c2ccc(F)cc2OC)CCC1(F)F. The van der Waals surface area contributed by atoms with E-state index in [1.165, 1.54) is 19.2 Å². The molecule has 0 amide bonds. The molecule has 106 valence electrons. The van der Waals surface area contributed by atoms with Gasteiger partial charge in [-0.1, -0.05) is 13.0 Å². The van der Waals surface area contributed by atoms with Crippen LogP contribution in [0.15, 0.2) is 18.2 Å². The first kappa shape index (κ1) is 14.2. The molecule has 1 aromatic rings. The van der Waals surface area contributed by atoms with Crippen LogP contribution in [-0.2, 0) is 0 Å². The Hall–Kier alpha value is -1.19. The molecule has 1 fully saturated rings. The van der Waals surface area contributed by atoms with Gasteiger partial charge in [0.2, 0.25) is 0 Å². The van der Waals surface area contributed by atoms with Crippen molar-refractivity contribution in [3.05, 3.63) is 29.6 Å². The van der Waals surface area contributed by atoms with Crippen LogP contribution >= 0.6 is 0 Å². The van der Waals surface area contributed by atoms with Gasteiger partial charge in [-0.05, 0) is 36.8 Å². The van der Waals surface area contributed by atoms with Gasteiger partial charge in [0.1, 0.15) is 11.6 Å². The molecule has 0 bridgehead atoms. The van der Waals surface area contributed by atoms with Crippen LogP contribution in [0.3, 0.4) is 0 Å². The Morgan fingerprint density at radius 2 is 2.11 bits per heavy atom. The van der Waals surface area contributed by atoms with Crippen molar-refractivity contribution in [2.24, 2.45) is 5.92 Å². The summed E-state index contributed by atoms with van der Waals surface area (Å²) in [6.07, 6.45) is 1.22. The van der Waals surface area contributed by atoms with Crippen LogP contribution in [0.25, 0.3) is 0 Å². The molecule has 4 heteroatoms. The van der Waals surface area contributed by atoms with Gasteiger partial charge in [-0.25, -0.2) is 13.2 Å². The molecule has 1 aliphatic rings. The summed E-state index contributed by atoms with van der Waals surface area (Å²) in [4.78, 5) is 0. The fourth-order valence-electron chi connectivity index (χ4n) is 2.97. The molecule has 2 rings (SSSR count). The van der Waals surface area contributed by atoms with E-state index in [2.05, 4.69) is 0 Å². The predicted molar refractivity (Wildman–Crippen MR) is 68.3 cm³/mol. The standard InChI is InChI=1S/C15H19F3O/c1-3-11-8-10(6-7-15(11,17)18)13-5-4-12(16)9-14(13)19-2/h4-5,9-11H,3,6-8H2,1-2H3/t10-,11-/m1/s1. The van der Waals surface area contributed by atoms with Crippen LogP contribution in [0.5, 0.6) is 5.75 Å². The Bertz CT molecular complexity index is 445. The third-order valence-electron chi connectivity index (χ3n) is 4.12. The summed E-state index contributed by atoms with van der Waals surface area (Å²) in [5.41, 5.74) is 0.845. The monoisotopic (exact) mass is 272 g/mol. The van der Waals surface area contributed by atoms with Gasteiger partial charge in [-0.15, -0.1) is 0 Å². The van der Waals surface area contributed by atoms with E-state index in [-0.39, 0.29) is 18.2 Å². The number of benzene rings is 1. The van der Waals surface area contributed by atoms with E-state index >= 15 is 0 Å². The minimum atomic E-state index is -2.57. The van der Waals surface area contributed by atoms with Crippen molar-refractivity contribution in [3.63, 3.8) is 0 Å². The van der Waals surface area contributed by atoms with Crippen LogP contribution in [0.1, 0.15) is 44.1 Å². The van der Waals surface area contributed by atoms with E-state index in [1.54, 1.807) is 13.0 Å². The number of methoxy groups -OCH3 is 1. The minimum Gasteiger partial charge on any atom is -0.496 e. The van der Waals surface area contributed by atoms with E-state index in [9.17, 15) is 13.2 Å². The number of hydrogen-bond donors (Lipinski definition) is 0. The lowest BCUT2D eigenvalue weighted by Crippen LogP contribution is -2.34. The van der Waals surface area contributed by atoms with Gasteiger partial charge >= 0.3 is 0 Å². The van der Waals surface area contributed by atoms with Crippen LogP contribution < -0.4 is 4.74 Å². The van der Waals surface area contributed by atoms with Crippen molar-refractivity contribution in [1.82, 2.24) is 0 Å². The van der Waals surface area contributed by atoms with Crippen molar-refractivity contribution < 1.29 is 17.9 Å². The van der Waals surface area contributed by atoms with Crippen molar-refractivity contribution >= 4 is 0 Å². The fourth-order valence-corrected chi connectivity index (χ4v) is 2.97. The minimum absolute atomic E-state index is 0.0279. The van der Waals surface area contributed by atoms with Crippen LogP contribution in [0.2, 0.25) is 0 Å². The summed E-state index contributed by atoms with van der Waals surface area (Å²) in [5, 5.41) is 0. The van der Waals surface area contributed by atoms with Gasteiger partial charge in [0.05, 0.1) is 7.11 Å². The zero-order valence-electron chi connectivity index (χ0n) is 11.3. The lowest BCUT2D eigenvalue weighted by Gasteiger charge is -2.36. The van der Waals surface area contributed by atoms with Crippen molar-refractivity contribution in [2.45, 2.75) is 44.4 Å². The molecule has 0 unspecified atom stereocenters. The quantitative estimate of drug-likeness (QED) is 0.770. The summed E-state index contributed by atoms with van der Waals surface area (Å²) in [6.45, 7) is 1.79. The first-order valence-electron chi connectivity index (χ1n) is 6.69. The van der Waals surface area contributed by atoms with Gasteiger partial charge in [-0.2, -0.15) is 0 Å². The molecule has 0 aliphatic heterocycles.